The van der Waals surface area contributed by atoms with Crippen molar-refractivity contribution >= 4 is 17.7 Å². The molecule has 2 N–H and O–H groups in total. The second-order valence-corrected chi connectivity index (χ2v) is 6.10. The summed E-state index contributed by atoms with van der Waals surface area (Å²) in [6.07, 6.45) is -1.22. The van der Waals surface area contributed by atoms with E-state index in [-0.39, 0.29) is 18.9 Å². The minimum Gasteiger partial charge on any atom is -0.410 e. The lowest BCUT2D eigenvalue weighted by molar-refractivity contribution is -0.119. The average Bonchev–Trinajstić information content (AvgIpc) is 2.98. The van der Waals surface area contributed by atoms with E-state index >= 15 is 0 Å². The lowest BCUT2D eigenvalue weighted by Crippen LogP contribution is -2.44. The van der Waals surface area contributed by atoms with Gasteiger partial charge in [-0.3, -0.25) is 9.69 Å². The summed E-state index contributed by atoms with van der Waals surface area (Å²) in [4.78, 5) is 26.2. The highest BCUT2D eigenvalue weighted by molar-refractivity contribution is 5.97. The van der Waals surface area contributed by atoms with E-state index in [4.69, 9.17) is 4.74 Å². The van der Waals surface area contributed by atoms with Gasteiger partial charge in [-0.25, -0.2) is 4.79 Å². The normalized spacial score (nSPS) is 19.5. The van der Waals surface area contributed by atoms with Crippen LogP contribution in [0.25, 0.3) is 0 Å². The molecule has 2 amide bonds. The zero-order valence-corrected chi connectivity index (χ0v) is 13.9. The largest absolute Gasteiger partial charge is 0.416 e. The third kappa shape index (κ3) is 4.16. The number of amides is 2. The Morgan fingerprint density at radius 2 is 1.92 bits per heavy atom. The Morgan fingerprint density at radius 1 is 1.16 bits per heavy atom. The van der Waals surface area contributed by atoms with Gasteiger partial charge in [0.05, 0.1) is 12.6 Å². The van der Waals surface area contributed by atoms with Crippen molar-refractivity contribution < 1.29 is 19.4 Å². The molecule has 1 aliphatic rings. The molecule has 1 saturated heterocycles. The number of nitrogens with one attached hydrogen (secondary N) is 1. The van der Waals surface area contributed by atoms with Crippen LogP contribution in [-0.2, 0) is 4.79 Å². The monoisotopic (exact) mass is 340 g/mol. The third-order valence-electron chi connectivity index (χ3n) is 4.05. The van der Waals surface area contributed by atoms with Gasteiger partial charge in [0.25, 0.3) is 0 Å². The highest BCUT2D eigenvalue weighted by atomic mass is 16.6. The van der Waals surface area contributed by atoms with Crippen molar-refractivity contribution in [3.05, 3.63) is 60.2 Å². The molecule has 0 bridgehead atoms. The van der Waals surface area contributed by atoms with Crippen LogP contribution in [0.3, 0.4) is 0 Å². The molecular formula is C19H20N2O4. The van der Waals surface area contributed by atoms with Crippen molar-refractivity contribution in [2.45, 2.75) is 25.5 Å². The molecule has 1 heterocycles. The third-order valence-corrected chi connectivity index (χ3v) is 4.05. The van der Waals surface area contributed by atoms with Gasteiger partial charge in [0.1, 0.15) is 11.8 Å². The molecule has 0 saturated carbocycles. The molecule has 1 aliphatic heterocycles. The number of carbonyl (C=O) groups excluding carboxylic acids is 2. The number of anilines is 1. The van der Waals surface area contributed by atoms with Crippen molar-refractivity contribution in [1.29, 1.82) is 0 Å². The molecular weight excluding hydrogens is 320 g/mol. The van der Waals surface area contributed by atoms with Gasteiger partial charge in [-0.15, -0.1) is 0 Å². The zero-order chi connectivity index (χ0) is 17.8. The summed E-state index contributed by atoms with van der Waals surface area (Å²) in [6, 6.07) is 15.3. The highest BCUT2D eigenvalue weighted by Gasteiger charge is 2.40. The number of hydrogen-bond donors (Lipinski definition) is 2. The molecule has 2 aromatic carbocycles. The number of rotatable bonds is 3. The number of likely N-dealkylation sites (tertiary alicyclic amines) is 1. The number of nitrogens with zero attached hydrogens (tertiary/aromatic N) is 1. The SMILES string of the molecule is Cc1cccc(NC(=O)[C@H]2C[C@@H](O)CN2C(=O)Oc2ccccc2)c1. The number of ether oxygens (including phenoxy) is 1. The number of aryl methyl sites for hydroxylation is 1. The standard InChI is InChI=1S/C19H20N2O4/c1-13-6-5-7-14(10-13)20-18(23)17-11-15(22)12-21(17)19(24)25-16-8-3-2-4-9-16/h2-10,15,17,22H,11-12H2,1H3,(H,20,23)/t15-,17-/m1/s1. The maximum atomic E-state index is 12.6. The van der Waals surface area contributed by atoms with E-state index in [1.807, 2.05) is 31.2 Å². The molecule has 130 valence electrons. The van der Waals surface area contributed by atoms with E-state index in [0.29, 0.717) is 11.4 Å². The van der Waals surface area contributed by atoms with Crippen molar-refractivity contribution in [3.8, 4) is 5.75 Å². The molecule has 6 heteroatoms. The Kier molecular flexibility index (Phi) is 5.00. The van der Waals surface area contributed by atoms with Crippen LogP contribution in [0.4, 0.5) is 10.5 Å². The minimum atomic E-state index is -0.772. The lowest BCUT2D eigenvalue weighted by Gasteiger charge is -2.23. The number of aliphatic hydroxyl groups is 1. The molecule has 0 unspecified atom stereocenters. The number of hydrogen-bond acceptors (Lipinski definition) is 4. The van der Waals surface area contributed by atoms with Gasteiger partial charge >= 0.3 is 6.09 Å². The summed E-state index contributed by atoms with van der Waals surface area (Å²) < 4.78 is 5.29. The second-order valence-electron chi connectivity index (χ2n) is 6.10. The van der Waals surface area contributed by atoms with Crippen LogP contribution in [0, 0.1) is 6.92 Å². The summed E-state index contributed by atoms with van der Waals surface area (Å²) in [5.41, 5.74) is 1.67. The van der Waals surface area contributed by atoms with Crippen LogP contribution in [0.2, 0.25) is 0 Å². The lowest BCUT2D eigenvalue weighted by atomic mass is 10.1. The van der Waals surface area contributed by atoms with Gasteiger partial charge in [-0.05, 0) is 36.8 Å². The Labute approximate surface area is 146 Å². The summed E-state index contributed by atoms with van der Waals surface area (Å²) in [7, 11) is 0. The van der Waals surface area contributed by atoms with Crippen molar-refractivity contribution in [3.63, 3.8) is 0 Å². The Balaban J connectivity index is 1.70. The first-order valence-electron chi connectivity index (χ1n) is 8.12. The molecule has 6 nitrogen and oxygen atoms in total. The maximum absolute atomic E-state index is 12.6. The van der Waals surface area contributed by atoms with E-state index < -0.39 is 18.2 Å². The molecule has 2 aromatic rings. The van der Waals surface area contributed by atoms with E-state index in [2.05, 4.69) is 5.32 Å². The van der Waals surface area contributed by atoms with E-state index in [1.54, 1.807) is 30.3 Å². The molecule has 3 rings (SSSR count). The first kappa shape index (κ1) is 17.0. The van der Waals surface area contributed by atoms with Gasteiger partial charge < -0.3 is 15.2 Å². The van der Waals surface area contributed by atoms with Crippen LogP contribution in [-0.4, -0.2) is 40.7 Å². The van der Waals surface area contributed by atoms with Gasteiger partial charge in [0.15, 0.2) is 0 Å². The van der Waals surface area contributed by atoms with E-state index in [0.717, 1.165) is 5.56 Å². The first-order chi connectivity index (χ1) is 12.0. The Morgan fingerprint density at radius 3 is 2.64 bits per heavy atom. The quantitative estimate of drug-likeness (QED) is 0.900. The van der Waals surface area contributed by atoms with Gasteiger partial charge in [0.2, 0.25) is 5.91 Å². The van der Waals surface area contributed by atoms with Crippen molar-refractivity contribution in [2.75, 3.05) is 11.9 Å². The molecule has 25 heavy (non-hydrogen) atoms. The molecule has 1 fully saturated rings. The maximum Gasteiger partial charge on any atom is 0.416 e. The smallest absolute Gasteiger partial charge is 0.410 e. The molecule has 0 spiro atoms. The minimum absolute atomic E-state index is 0.0670. The first-order valence-corrected chi connectivity index (χ1v) is 8.12. The highest BCUT2D eigenvalue weighted by Crippen LogP contribution is 2.22. The predicted octanol–water partition coefficient (Wildman–Crippen LogP) is 2.57. The number of benzene rings is 2. The second kappa shape index (κ2) is 7.36. The van der Waals surface area contributed by atoms with Gasteiger partial charge in [-0.2, -0.15) is 0 Å². The van der Waals surface area contributed by atoms with Crippen LogP contribution in [0.5, 0.6) is 5.75 Å². The van der Waals surface area contributed by atoms with Crippen LogP contribution in [0.15, 0.2) is 54.6 Å². The number of aliphatic hydroxyl groups excluding tert-OH is 1. The molecule has 2 atom stereocenters. The fraction of sp³-hybridized carbons (Fsp3) is 0.263. The summed E-state index contributed by atoms with van der Waals surface area (Å²) >= 11 is 0. The van der Waals surface area contributed by atoms with Crippen molar-refractivity contribution in [2.24, 2.45) is 0 Å². The summed E-state index contributed by atoms with van der Waals surface area (Å²) in [6.45, 7) is 2.00. The summed E-state index contributed by atoms with van der Waals surface area (Å²) in [5, 5.41) is 12.7. The number of para-hydroxylation sites is 1. The summed E-state index contributed by atoms with van der Waals surface area (Å²) in [5.74, 6) is 0.0545. The van der Waals surface area contributed by atoms with E-state index in [9.17, 15) is 14.7 Å². The van der Waals surface area contributed by atoms with Crippen molar-refractivity contribution in [1.82, 2.24) is 4.90 Å². The number of carbonyl (C=O) groups is 2. The van der Waals surface area contributed by atoms with Gasteiger partial charge in [-0.1, -0.05) is 30.3 Å². The van der Waals surface area contributed by atoms with Crippen LogP contribution in [0.1, 0.15) is 12.0 Å². The molecule has 0 aromatic heterocycles. The number of β-amino-alcohol motifs (C(OH)–C–C–N with tert-alkyl or cyclic N) is 1. The molecule has 0 radical (unpaired) electrons. The predicted molar refractivity (Wildman–Crippen MR) is 93.4 cm³/mol. The average molecular weight is 340 g/mol. The van der Waals surface area contributed by atoms with Crippen LogP contribution < -0.4 is 10.1 Å². The van der Waals surface area contributed by atoms with Gasteiger partial charge in [0, 0.05) is 12.1 Å². The fourth-order valence-corrected chi connectivity index (χ4v) is 2.86. The van der Waals surface area contributed by atoms with Crippen LogP contribution >= 0.6 is 0 Å². The zero-order valence-electron chi connectivity index (χ0n) is 13.9. The fourth-order valence-electron chi connectivity index (χ4n) is 2.86. The Hall–Kier alpha value is -2.86. The van der Waals surface area contributed by atoms with E-state index in [1.165, 1.54) is 4.90 Å². The Bertz CT molecular complexity index is 763. The molecule has 0 aliphatic carbocycles. The topological polar surface area (TPSA) is 78.9 Å².